The van der Waals surface area contributed by atoms with Crippen molar-refractivity contribution in [3.8, 4) is 0 Å². The molecule has 0 N–H and O–H groups in total. The summed E-state index contributed by atoms with van der Waals surface area (Å²) in [5.41, 5.74) is -0.183. The molecule has 0 aliphatic heterocycles. The molecule has 0 aliphatic rings. The summed E-state index contributed by atoms with van der Waals surface area (Å²) < 4.78 is 14.0. The maximum absolute atomic E-state index is 11.3. The molecular weight excluding hydrogens is 224 g/mol. The molecule has 0 amide bonds. The number of carbonyl (C=O) groups excluding carboxylic acids is 2. The van der Waals surface area contributed by atoms with E-state index in [0.29, 0.717) is 5.76 Å². The minimum atomic E-state index is -0.749. The van der Waals surface area contributed by atoms with E-state index in [0.717, 1.165) is 0 Å². The molecule has 0 unspecified atom stereocenters. The van der Waals surface area contributed by atoms with Crippen molar-refractivity contribution in [1.82, 2.24) is 0 Å². The molecule has 1 heterocycles. The van der Waals surface area contributed by atoms with Gasteiger partial charge in [-0.3, -0.25) is 0 Å². The van der Waals surface area contributed by atoms with E-state index in [1.165, 1.54) is 32.6 Å². The van der Waals surface area contributed by atoms with Crippen LogP contribution >= 0.6 is 0 Å². The zero-order valence-electron chi connectivity index (χ0n) is 9.51. The lowest BCUT2D eigenvalue weighted by Crippen LogP contribution is -2.15. The van der Waals surface area contributed by atoms with Crippen molar-refractivity contribution in [2.75, 3.05) is 14.2 Å². The number of allylic oxidation sites excluding steroid dienone is 2. The average Bonchev–Trinajstić information content (AvgIpc) is 2.86. The lowest BCUT2D eigenvalue weighted by molar-refractivity contribution is -0.144. The normalized spacial score (nSPS) is 10.0. The van der Waals surface area contributed by atoms with Crippen LogP contribution in [0.2, 0.25) is 0 Å². The van der Waals surface area contributed by atoms with Crippen molar-refractivity contribution in [2.45, 2.75) is 0 Å². The van der Waals surface area contributed by atoms with Gasteiger partial charge in [-0.25, -0.2) is 9.59 Å². The Kier molecular flexibility index (Phi) is 4.75. The van der Waals surface area contributed by atoms with E-state index in [1.54, 1.807) is 18.2 Å². The molecular formula is C12H12O5. The summed E-state index contributed by atoms with van der Waals surface area (Å²) in [5.74, 6) is -0.891. The van der Waals surface area contributed by atoms with E-state index in [1.807, 2.05) is 0 Å². The van der Waals surface area contributed by atoms with E-state index < -0.39 is 11.9 Å². The van der Waals surface area contributed by atoms with Gasteiger partial charge in [-0.2, -0.15) is 0 Å². The van der Waals surface area contributed by atoms with Crippen LogP contribution in [0.4, 0.5) is 0 Å². The SMILES string of the molecule is COC(=O)C(=C/C=C/c1ccco1)C(=O)OC. The van der Waals surface area contributed by atoms with Gasteiger partial charge in [0, 0.05) is 0 Å². The van der Waals surface area contributed by atoms with Crippen molar-refractivity contribution in [3.63, 3.8) is 0 Å². The third-order valence-corrected chi connectivity index (χ3v) is 1.88. The number of rotatable bonds is 4. The largest absolute Gasteiger partial charge is 0.465 e. The molecule has 0 aromatic carbocycles. The second kappa shape index (κ2) is 6.32. The molecule has 0 fully saturated rings. The number of hydrogen-bond donors (Lipinski definition) is 0. The maximum atomic E-state index is 11.3. The lowest BCUT2D eigenvalue weighted by atomic mass is 10.2. The fourth-order valence-electron chi connectivity index (χ4n) is 1.06. The van der Waals surface area contributed by atoms with E-state index in [9.17, 15) is 9.59 Å². The molecule has 0 bridgehead atoms. The average molecular weight is 236 g/mol. The highest BCUT2D eigenvalue weighted by molar-refractivity contribution is 6.14. The van der Waals surface area contributed by atoms with E-state index >= 15 is 0 Å². The Morgan fingerprint density at radius 1 is 1.24 bits per heavy atom. The van der Waals surface area contributed by atoms with Gasteiger partial charge in [-0.1, -0.05) is 6.08 Å². The Hall–Kier alpha value is -2.30. The first kappa shape index (κ1) is 12.8. The standard InChI is InChI=1S/C12H12O5/c1-15-11(13)10(12(14)16-2)7-3-5-9-6-4-8-17-9/h3-8H,1-2H3/b5-3+. The minimum Gasteiger partial charge on any atom is -0.465 e. The predicted molar refractivity (Wildman–Crippen MR) is 59.9 cm³/mol. The third kappa shape index (κ3) is 3.64. The summed E-state index contributed by atoms with van der Waals surface area (Å²) in [6, 6.07) is 3.46. The fourth-order valence-corrected chi connectivity index (χ4v) is 1.06. The second-order valence-corrected chi connectivity index (χ2v) is 2.94. The van der Waals surface area contributed by atoms with Crippen LogP contribution in [0.5, 0.6) is 0 Å². The van der Waals surface area contributed by atoms with Gasteiger partial charge in [-0.05, 0) is 24.3 Å². The number of carbonyl (C=O) groups is 2. The molecule has 0 saturated carbocycles. The molecule has 5 nitrogen and oxygen atoms in total. The molecule has 0 saturated heterocycles. The number of methoxy groups -OCH3 is 2. The highest BCUT2D eigenvalue weighted by Crippen LogP contribution is 2.05. The number of hydrogen-bond acceptors (Lipinski definition) is 5. The summed E-state index contributed by atoms with van der Waals surface area (Å²) in [6.45, 7) is 0. The molecule has 0 radical (unpaired) electrons. The van der Waals surface area contributed by atoms with Crippen molar-refractivity contribution >= 4 is 18.0 Å². The number of ether oxygens (including phenoxy) is 2. The molecule has 0 aliphatic carbocycles. The molecule has 17 heavy (non-hydrogen) atoms. The summed E-state index contributed by atoms with van der Waals surface area (Å²) in [7, 11) is 2.38. The highest BCUT2D eigenvalue weighted by Gasteiger charge is 2.18. The Labute approximate surface area is 98.3 Å². The van der Waals surface area contributed by atoms with E-state index in [2.05, 4.69) is 9.47 Å². The number of furan rings is 1. The van der Waals surface area contributed by atoms with Gasteiger partial charge in [0.05, 0.1) is 20.5 Å². The zero-order valence-corrected chi connectivity index (χ0v) is 9.51. The van der Waals surface area contributed by atoms with Gasteiger partial charge < -0.3 is 13.9 Å². The Morgan fingerprint density at radius 3 is 2.35 bits per heavy atom. The van der Waals surface area contributed by atoms with Crippen LogP contribution in [-0.2, 0) is 19.1 Å². The van der Waals surface area contributed by atoms with Crippen LogP contribution in [0.3, 0.4) is 0 Å². The first-order valence-electron chi connectivity index (χ1n) is 4.77. The molecule has 90 valence electrons. The van der Waals surface area contributed by atoms with Gasteiger partial charge in [0.15, 0.2) is 0 Å². The third-order valence-electron chi connectivity index (χ3n) is 1.88. The van der Waals surface area contributed by atoms with Crippen LogP contribution in [-0.4, -0.2) is 26.2 Å². The Balaban J connectivity index is 2.83. The van der Waals surface area contributed by atoms with Crippen LogP contribution in [0.25, 0.3) is 6.08 Å². The Morgan fingerprint density at radius 2 is 1.88 bits per heavy atom. The minimum absolute atomic E-state index is 0.183. The summed E-state index contributed by atoms with van der Waals surface area (Å²) in [4.78, 5) is 22.5. The van der Waals surface area contributed by atoms with E-state index in [-0.39, 0.29) is 5.57 Å². The number of esters is 2. The zero-order chi connectivity index (χ0) is 12.7. The summed E-state index contributed by atoms with van der Waals surface area (Å²) in [5, 5.41) is 0. The monoisotopic (exact) mass is 236 g/mol. The van der Waals surface area contributed by atoms with Crippen LogP contribution < -0.4 is 0 Å². The molecule has 1 rings (SSSR count). The van der Waals surface area contributed by atoms with Gasteiger partial charge in [0.25, 0.3) is 0 Å². The van der Waals surface area contributed by atoms with Gasteiger partial charge in [0.1, 0.15) is 11.3 Å². The van der Waals surface area contributed by atoms with Crippen molar-refractivity contribution in [3.05, 3.63) is 41.9 Å². The first-order valence-corrected chi connectivity index (χ1v) is 4.77. The quantitative estimate of drug-likeness (QED) is 0.261. The molecule has 0 atom stereocenters. The molecule has 1 aromatic rings. The van der Waals surface area contributed by atoms with Crippen LogP contribution in [0.1, 0.15) is 5.76 Å². The van der Waals surface area contributed by atoms with Gasteiger partial charge >= 0.3 is 11.9 Å². The fraction of sp³-hybridized carbons (Fsp3) is 0.167. The Bertz CT molecular complexity index is 421. The van der Waals surface area contributed by atoms with Gasteiger partial charge in [-0.15, -0.1) is 0 Å². The molecule has 5 heteroatoms. The van der Waals surface area contributed by atoms with Crippen LogP contribution in [0, 0.1) is 0 Å². The summed E-state index contributed by atoms with van der Waals surface area (Å²) in [6.07, 6.45) is 5.93. The maximum Gasteiger partial charge on any atom is 0.345 e. The van der Waals surface area contributed by atoms with Crippen molar-refractivity contribution in [1.29, 1.82) is 0 Å². The van der Waals surface area contributed by atoms with Crippen LogP contribution in [0.15, 0.2) is 40.5 Å². The lowest BCUT2D eigenvalue weighted by Gasteiger charge is -2.01. The second-order valence-electron chi connectivity index (χ2n) is 2.94. The topological polar surface area (TPSA) is 65.7 Å². The molecule has 1 aromatic heterocycles. The summed E-state index contributed by atoms with van der Waals surface area (Å²) >= 11 is 0. The predicted octanol–water partition coefficient (Wildman–Crippen LogP) is 1.57. The first-order chi connectivity index (χ1) is 8.19. The van der Waals surface area contributed by atoms with Crippen molar-refractivity contribution < 1.29 is 23.5 Å². The van der Waals surface area contributed by atoms with Crippen molar-refractivity contribution in [2.24, 2.45) is 0 Å². The van der Waals surface area contributed by atoms with E-state index in [4.69, 9.17) is 4.42 Å². The molecule has 0 spiro atoms. The smallest absolute Gasteiger partial charge is 0.345 e. The highest BCUT2D eigenvalue weighted by atomic mass is 16.5. The van der Waals surface area contributed by atoms with Gasteiger partial charge in [0.2, 0.25) is 0 Å².